The largest absolute Gasteiger partial charge is 1.00 e. The molecule has 0 amide bonds. The summed E-state index contributed by atoms with van der Waals surface area (Å²) < 4.78 is 6.10. The number of hydrogen-bond acceptors (Lipinski definition) is 4. The van der Waals surface area contributed by atoms with Gasteiger partial charge in [-0.25, -0.2) is 0 Å². The van der Waals surface area contributed by atoms with Crippen LogP contribution >= 0.6 is 22.9 Å². The van der Waals surface area contributed by atoms with Crippen LogP contribution in [0.5, 0.6) is 5.75 Å². The van der Waals surface area contributed by atoms with E-state index in [0.29, 0.717) is 17.4 Å². The number of hydrogen-bond donors (Lipinski definition) is 0. The number of carbonyl (C=O) groups excluding carboxylic acids is 1. The molecule has 0 radical (unpaired) electrons. The smallest absolute Gasteiger partial charge is 0.545 e. The first-order chi connectivity index (χ1) is 14.1. The van der Waals surface area contributed by atoms with Crippen LogP contribution in [-0.4, -0.2) is 5.97 Å². The summed E-state index contributed by atoms with van der Waals surface area (Å²) in [6, 6.07) is 24.2. The molecule has 0 saturated heterocycles. The summed E-state index contributed by atoms with van der Waals surface area (Å²) in [6.45, 7) is 0.440. The van der Waals surface area contributed by atoms with Gasteiger partial charge in [-0.1, -0.05) is 60.1 Å². The molecule has 30 heavy (non-hydrogen) atoms. The zero-order valence-corrected chi connectivity index (χ0v) is 19.9. The van der Waals surface area contributed by atoms with Gasteiger partial charge >= 0.3 is 29.6 Å². The first-order valence-corrected chi connectivity index (χ1v) is 10.2. The van der Waals surface area contributed by atoms with Crippen LogP contribution in [0.2, 0.25) is 5.02 Å². The maximum atomic E-state index is 11.3. The summed E-state index contributed by atoms with van der Waals surface area (Å²) in [5.41, 5.74) is 3.83. The van der Waals surface area contributed by atoms with E-state index in [-0.39, 0.29) is 35.1 Å². The maximum Gasteiger partial charge on any atom is 1.00 e. The molecule has 4 rings (SSSR count). The molecule has 0 N–H and O–H groups in total. The topological polar surface area (TPSA) is 49.4 Å². The second-order valence-electron chi connectivity index (χ2n) is 6.45. The van der Waals surface area contributed by atoms with E-state index >= 15 is 0 Å². The minimum atomic E-state index is -1.19. The number of carbonyl (C=O) groups is 1. The van der Waals surface area contributed by atoms with Gasteiger partial charge in [0.05, 0.1) is 5.97 Å². The van der Waals surface area contributed by atoms with Crippen LogP contribution in [0.4, 0.5) is 0 Å². The van der Waals surface area contributed by atoms with Crippen molar-refractivity contribution in [2.75, 3.05) is 0 Å². The Morgan fingerprint density at radius 2 is 1.73 bits per heavy atom. The fourth-order valence-corrected chi connectivity index (χ4v) is 4.19. The van der Waals surface area contributed by atoms with Crippen molar-refractivity contribution < 1.29 is 44.2 Å². The molecular formula is C24H16ClNaO3S. The summed E-state index contributed by atoms with van der Waals surface area (Å²) in [5.74, 6) is -0.478. The quantitative estimate of drug-likeness (QED) is 0.431. The van der Waals surface area contributed by atoms with Gasteiger partial charge in [-0.05, 0) is 52.4 Å². The first-order valence-electron chi connectivity index (χ1n) is 8.98. The van der Waals surface area contributed by atoms with Crippen LogP contribution in [0.1, 0.15) is 15.9 Å². The minimum absolute atomic E-state index is 0. The summed E-state index contributed by atoms with van der Waals surface area (Å²) in [5, 5.41) is 13.8. The predicted molar refractivity (Wildman–Crippen MR) is 115 cm³/mol. The van der Waals surface area contributed by atoms with E-state index in [9.17, 15) is 9.90 Å². The Morgan fingerprint density at radius 3 is 2.50 bits per heavy atom. The maximum absolute atomic E-state index is 11.3. The van der Waals surface area contributed by atoms with Gasteiger partial charge < -0.3 is 14.6 Å². The molecule has 0 saturated carbocycles. The molecule has 0 bridgehead atoms. The molecule has 3 aromatic carbocycles. The average Bonchev–Trinajstić information content (AvgIpc) is 3.23. The summed E-state index contributed by atoms with van der Waals surface area (Å²) in [6.07, 6.45) is 0. The van der Waals surface area contributed by atoms with Crippen molar-refractivity contribution in [1.82, 2.24) is 0 Å². The van der Waals surface area contributed by atoms with E-state index in [1.54, 1.807) is 18.2 Å². The van der Waals surface area contributed by atoms with Crippen molar-refractivity contribution in [2.24, 2.45) is 0 Å². The molecule has 0 spiro atoms. The number of halogens is 1. The van der Waals surface area contributed by atoms with Crippen LogP contribution in [0.25, 0.3) is 21.6 Å². The SMILES string of the molecule is O=C([O-])c1cccc(-c2sccc2-c2cc(Cl)ccc2OCc2ccccc2)c1.[Na+]. The van der Waals surface area contributed by atoms with E-state index in [2.05, 4.69) is 0 Å². The molecule has 0 atom stereocenters. The van der Waals surface area contributed by atoms with Crippen molar-refractivity contribution in [1.29, 1.82) is 0 Å². The third kappa shape index (κ3) is 5.15. The van der Waals surface area contributed by atoms with Gasteiger partial charge in [0, 0.05) is 21.0 Å². The Balaban J connectivity index is 0.00000256. The number of rotatable bonds is 6. The Morgan fingerprint density at radius 1 is 0.933 bits per heavy atom. The molecule has 3 nitrogen and oxygen atoms in total. The van der Waals surface area contributed by atoms with Gasteiger partial charge in [-0.2, -0.15) is 0 Å². The van der Waals surface area contributed by atoms with Crippen LogP contribution in [0, 0.1) is 0 Å². The standard InChI is InChI=1S/C24H17ClO3S.Na/c25-19-9-10-22(28-15-16-5-2-1-3-6-16)21(14-19)20-11-12-29-23(20)17-7-4-8-18(13-17)24(26)27;/h1-14H,15H2,(H,26,27);/q;+1/p-1. The van der Waals surface area contributed by atoms with Gasteiger partial charge in [0.25, 0.3) is 0 Å². The van der Waals surface area contributed by atoms with Crippen LogP contribution in [0.15, 0.2) is 84.2 Å². The third-order valence-electron chi connectivity index (χ3n) is 4.49. The van der Waals surface area contributed by atoms with Crippen molar-refractivity contribution in [3.8, 4) is 27.3 Å². The molecule has 0 aliphatic carbocycles. The van der Waals surface area contributed by atoms with E-state index < -0.39 is 5.97 Å². The zero-order valence-electron chi connectivity index (χ0n) is 16.3. The van der Waals surface area contributed by atoms with Gasteiger partial charge in [-0.3, -0.25) is 0 Å². The molecule has 0 fully saturated rings. The van der Waals surface area contributed by atoms with E-state index in [1.165, 1.54) is 17.4 Å². The first kappa shape index (κ1) is 22.6. The van der Waals surface area contributed by atoms with Crippen molar-refractivity contribution >= 4 is 28.9 Å². The summed E-state index contributed by atoms with van der Waals surface area (Å²) in [4.78, 5) is 12.2. The number of ether oxygens (including phenoxy) is 1. The van der Waals surface area contributed by atoms with E-state index in [4.69, 9.17) is 16.3 Å². The number of aromatic carboxylic acids is 1. The molecule has 0 aliphatic heterocycles. The Labute approximate surface area is 206 Å². The van der Waals surface area contributed by atoms with Crippen LogP contribution in [-0.2, 0) is 6.61 Å². The molecule has 1 aromatic heterocycles. The predicted octanol–water partition coefficient (Wildman–Crippen LogP) is 2.68. The second-order valence-corrected chi connectivity index (χ2v) is 7.80. The fraction of sp³-hybridized carbons (Fsp3) is 0.0417. The molecule has 1 heterocycles. The minimum Gasteiger partial charge on any atom is -0.545 e. The molecule has 0 unspecified atom stereocenters. The molecular weight excluding hydrogens is 427 g/mol. The molecule has 4 aromatic rings. The van der Waals surface area contributed by atoms with Crippen LogP contribution in [0.3, 0.4) is 0 Å². The molecule has 0 aliphatic rings. The monoisotopic (exact) mass is 442 g/mol. The normalized spacial score (nSPS) is 10.3. The van der Waals surface area contributed by atoms with Gasteiger partial charge in [0.2, 0.25) is 0 Å². The summed E-state index contributed by atoms with van der Waals surface area (Å²) in [7, 11) is 0. The average molecular weight is 443 g/mol. The van der Waals surface area contributed by atoms with Crippen LogP contribution < -0.4 is 39.4 Å². The van der Waals surface area contributed by atoms with E-state index in [0.717, 1.165) is 27.1 Å². The Kier molecular flexibility index (Phi) is 7.75. The van der Waals surface area contributed by atoms with Gasteiger partial charge in [0.1, 0.15) is 12.4 Å². The Bertz CT molecular complexity index is 1160. The van der Waals surface area contributed by atoms with Crippen molar-refractivity contribution in [3.05, 3.63) is 100 Å². The zero-order chi connectivity index (χ0) is 20.2. The van der Waals surface area contributed by atoms with Crippen molar-refractivity contribution in [2.45, 2.75) is 6.61 Å². The van der Waals surface area contributed by atoms with Gasteiger partial charge in [0.15, 0.2) is 0 Å². The van der Waals surface area contributed by atoms with Gasteiger partial charge in [-0.15, -0.1) is 11.3 Å². The van der Waals surface area contributed by atoms with E-state index in [1.807, 2.05) is 60.0 Å². The number of carboxylic acids is 1. The molecule has 144 valence electrons. The fourth-order valence-electron chi connectivity index (χ4n) is 3.11. The summed E-state index contributed by atoms with van der Waals surface area (Å²) >= 11 is 7.81. The number of benzene rings is 3. The van der Waals surface area contributed by atoms with Crippen molar-refractivity contribution in [3.63, 3.8) is 0 Å². The Hall–Kier alpha value is -2.08. The second kappa shape index (κ2) is 10.3. The molecule has 6 heteroatoms. The number of thiophene rings is 1. The number of carboxylic acid groups (broad SMARTS) is 1. The third-order valence-corrected chi connectivity index (χ3v) is 5.69.